The molecule has 0 radical (unpaired) electrons. The minimum absolute atomic E-state index is 0.0666. The molecule has 0 aliphatic carbocycles. The molecular weight excluding hydrogens is 292 g/mol. The smallest absolute Gasteiger partial charge is 0.294 e. The van der Waals surface area contributed by atoms with E-state index in [1.165, 1.54) is 18.3 Å². The number of nitrogens with two attached hydrogens (primary N) is 1. The molecule has 8 heteroatoms. The van der Waals surface area contributed by atoms with Gasteiger partial charge in [-0.05, 0) is 25.1 Å². The fourth-order valence-corrected chi connectivity index (χ4v) is 1.75. The number of nitrogens with zero attached hydrogens (tertiary/aromatic N) is 3. The highest BCUT2D eigenvalue weighted by Crippen LogP contribution is 2.08. The van der Waals surface area contributed by atoms with Crippen molar-refractivity contribution < 1.29 is 13.0 Å². The number of nitriles is 1. The van der Waals surface area contributed by atoms with Gasteiger partial charge in [0.15, 0.2) is 0 Å². The van der Waals surface area contributed by atoms with Crippen molar-refractivity contribution in [2.45, 2.75) is 18.4 Å². The van der Waals surface area contributed by atoms with E-state index in [9.17, 15) is 8.42 Å². The molecule has 0 aliphatic rings. The van der Waals surface area contributed by atoms with Crippen molar-refractivity contribution in [1.82, 2.24) is 9.97 Å². The summed E-state index contributed by atoms with van der Waals surface area (Å²) in [6.45, 7) is 2.19. The van der Waals surface area contributed by atoms with E-state index in [0.29, 0.717) is 12.2 Å². The maximum absolute atomic E-state index is 10.5. The largest absolute Gasteiger partial charge is 0.325 e. The Labute approximate surface area is 122 Å². The van der Waals surface area contributed by atoms with Crippen molar-refractivity contribution in [2.24, 2.45) is 5.73 Å². The summed E-state index contributed by atoms with van der Waals surface area (Å²) in [4.78, 5) is 7.42. The topological polar surface area (TPSA) is 130 Å². The highest BCUT2D eigenvalue weighted by molar-refractivity contribution is 7.85. The van der Waals surface area contributed by atoms with Gasteiger partial charge in [0.2, 0.25) is 5.82 Å². The van der Waals surface area contributed by atoms with Crippen LogP contribution in [0.25, 0.3) is 0 Å². The van der Waals surface area contributed by atoms with E-state index >= 15 is 0 Å². The Morgan fingerprint density at radius 2 is 1.90 bits per heavy atom. The quantitative estimate of drug-likeness (QED) is 0.793. The van der Waals surface area contributed by atoms with Crippen LogP contribution in [0.5, 0.6) is 0 Å². The summed E-state index contributed by atoms with van der Waals surface area (Å²) < 4.78 is 29.6. The monoisotopic (exact) mass is 306 g/mol. The van der Waals surface area contributed by atoms with Gasteiger partial charge in [0.25, 0.3) is 10.1 Å². The Balaban J connectivity index is 0.000000211. The Morgan fingerprint density at radius 3 is 2.38 bits per heavy atom. The molecule has 1 aromatic carbocycles. The molecule has 1 heterocycles. The average Bonchev–Trinajstić information content (AvgIpc) is 2.47. The third-order valence-corrected chi connectivity index (χ3v) is 3.21. The minimum atomic E-state index is -4.02. The van der Waals surface area contributed by atoms with Gasteiger partial charge in [-0.15, -0.1) is 0 Å². The van der Waals surface area contributed by atoms with Gasteiger partial charge in [-0.1, -0.05) is 17.7 Å². The molecule has 0 unspecified atom stereocenters. The van der Waals surface area contributed by atoms with Crippen LogP contribution in [-0.4, -0.2) is 22.9 Å². The maximum Gasteiger partial charge on any atom is 0.294 e. The Morgan fingerprint density at radius 1 is 1.29 bits per heavy atom. The van der Waals surface area contributed by atoms with Crippen LogP contribution >= 0.6 is 0 Å². The molecule has 110 valence electrons. The molecule has 0 fully saturated rings. The van der Waals surface area contributed by atoms with Crippen molar-refractivity contribution in [2.75, 3.05) is 0 Å². The first-order valence-electron chi connectivity index (χ1n) is 5.83. The maximum atomic E-state index is 10.5. The number of hydrogen-bond donors (Lipinski definition) is 2. The van der Waals surface area contributed by atoms with Crippen LogP contribution < -0.4 is 5.73 Å². The van der Waals surface area contributed by atoms with Crippen LogP contribution in [0.15, 0.2) is 41.4 Å². The van der Waals surface area contributed by atoms with Gasteiger partial charge < -0.3 is 5.73 Å². The second-order valence-electron chi connectivity index (χ2n) is 3.98. The van der Waals surface area contributed by atoms with Gasteiger partial charge in [-0.2, -0.15) is 13.7 Å². The minimum Gasteiger partial charge on any atom is -0.325 e. The summed E-state index contributed by atoms with van der Waals surface area (Å²) >= 11 is 0. The summed E-state index contributed by atoms with van der Waals surface area (Å²) in [7, 11) is -4.02. The number of hydrogen-bond acceptors (Lipinski definition) is 6. The predicted molar refractivity (Wildman–Crippen MR) is 75.6 cm³/mol. The first kappa shape index (κ1) is 16.7. The lowest BCUT2D eigenvalue weighted by Crippen LogP contribution is -2.01. The van der Waals surface area contributed by atoms with Crippen LogP contribution in [0.1, 0.15) is 17.1 Å². The van der Waals surface area contributed by atoms with E-state index in [1.54, 1.807) is 18.2 Å². The molecular formula is C13H14N4O3S. The summed E-state index contributed by atoms with van der Waals surface area (Å²) in [6.07, 6.45) is 1.52. The summed E-state index contributed by atoms with van der Waals surface area (Å²) in [5, 5.41) is 8.34. The van der Waals surface area contributed by atoms with Crippen LogP contribution in [0, 0.1) is 18.3 Å². The van der Waals surface area contributed by atoms with E-state index < -0.39 is 10.1 Å². The molecule has 2 aromatic rings. The number of aryl methyl sites for hydroxylation is 1. The molecule has 2 rings (SSSR count). The second kappa shape index (κ2) is 7.44. The Hall–Kier alpha value is -2.34. The van der Waals surface area contributed by atoms with Crippen molar-refractivity contribution in [1.29, 1.82) is 5.26 Å². The SMILES string of the molecule is Cc1ccc(S(=O)(=O)O)cc1.N#Cc1nccc(CN)n1. The van der Waals surface area contributed by atoms with Gasteiger partial charge in [0.1, 0.15) is 6.07 Å². The number of aromatic nitrogens is 2. The summed E-state index contributed by atoms with van der Waals surface area (Å²) in [5.41, 5.74) is 6.92. The van der Waals surface area contributed by atoms with Gasteiger partial charge in [0, 0.05) is 12.7 Å². The molecule has 0 saturated heterocycles. The molecule has 0 saturated carbocycles. The molecule has 0 spiro atoms. The van der Waals surface area contributed by atoms with E-state index in [2.05, 4.69) is 9.97 Å². The lowest BCUT2D eigenvalue weighted by molar-refractivity contribution is 0.483. The fraction of sp³-hybridized carbons (Fsp3) is 0.154. The Bertz CT molecular complexity index is 737. The van der Waals surface area contributed by atoms with Gasteiger partial charge in [0.05, 0.1) is 10.6 Å². The second-order valence-corrected chi connectivity index (χ2v) is 5.40. The van der Waals surface area contributed by atoms with Gasteiger partial charge in [-0.3, -0.25) is 4.55 Å². The van der Waals surface area contributed by atoms with Crippen molar-refractivity contribution in [3.05, 3.63) is 53.6 Å². The molecule has 0 amide bonds. The normalized spacial score (nSPS) is 10.2. The van der Waals surface area contributed by atoms with Gasteiger partial charge in [-0.25, -0.2) is 9.97 Å². The zero-order valence-corrected chi connectivity index (χ0v) is 12.1. The fourth-order valence-electron chi connectivity index (χ4n) is 1.27. The summed E-state index contributed by atoms with van der Waals surface area (Å²) in [6, 6.07) is 9.49. The third kappa shape index (κ3) is 5.66. The predicted octanol–water partition coefficient (Wildman–Crippen LogP) is 1.05. The third-order valence-electron chi connectivity index (χ3n) is 2.34. The van der Waals surface area contributed by atoms with Gasteiger partial charge >= 0.3 is 0 Å². The van der Waals surface area contributed by atoms with Crippen molar-refractivity contribution in [3.8, 4) is 6.07 Å². The molecule has 0 atom stereocenters. The van der Waals surface area contributed by atoms with Crippen LogP contribution in [-0.2, 0) is 16.7 Å². The van der Waals surface area contributed by atoms with Crippen LogP contribution in [0.4, 0.5) is 0 Å². The van der Waals surface area contributed by atoms with Crippen LogP contribution in [0.2, 0.25) is 0 Å². The molecule has 1 aromatic heterocycles. The highest BCUT2D eigenvalue weighted by atomic mass is 32.2. The number of rotatable bonds is 2. The first-order valence-corrected chi connectivity index (χ1v) is 7.27. The Kier molecular flexibility index (Phi) is 5.92. The van der Waals surface area contributed by atoms with Crippen molar-refractivity contribution >= 4 is 10.1 Å². The zero-order valence-electron chi connectivity index (χ0n) is 11.3. The molecule has 7 nitrogen and oxygen atoms in total. The molecule has 3 N–H and O–H groups in total. The highest BCUT2D eigenvalue weighted by Gasteiger charge is 2.06. The standard InChI is InChI=1S/C7H8O3S.C6H6N4/c1-6-2-4-7(5-3-6)11(8,9)10;7-3-5-1-2-9-6(4-8)10-5/h2-5H,1H3,(H,8,9,10);1-2H,3,7H2. The lowest BCUT2D eigenvalue weighted by atomic mass is 10.2. The number of benzene rings is 1. The van der Waals surface area contributed by atoms with E-state index in [-0.39, 0.29) is 10.7 Å². The average molecular weight is 306 g/mol. The van der Waals surface area contributed by atoms with Crippen LogP contribution in [0.3, 0.4) is 0 Å². The van der Waals surface area contributed by atoms with Crippen molar-refractivity contribution in [3.63, 3.8) is 0 Å². The first-order chi connectivity index (χ1) is 9.86. The molecule has 21 heavy (non-hydrogen) atoms. The lowest BCUT2D eigenvalue weighted by Gasteiger charge is -1.95. The molecule has 0 aliphatic heterocycles. The van der Waals surface area contributed by atoms with E-state index in [4.69, 9.17) is 15.5 Å². The zero-order chi connectivity index (χ0) is 15.9. The van der Waals surface area contributed by atoms with E-state index in [1.807, 2.05) is 13.0 Å². The van der Waals surface area contributed by atoms with E-state index in [0.717, 1.165) is 5.56 Å². The molecule has 0 bridgehead atoms. The summed E-state index contributed by atoms with van der Waals surface area (Å²) in [5.74, 6) is 0.169.